The molecule has 0 atom stereocenters. The smallest absolute Gasteiger partial charge is 0.194 e. The largest absolute Gasteiger partial charge is 0.292 e. The minimum Gasteiger partial charge on any atom is -0.194 e. The van der Waals surface area contributed by atoms with E-state index in [1.54, 1.807) is 0 Å². The van der Waals surface area contributed by atoms with Crippen LogP contribution in [0.3, 0.4) is 0 Å². The fourth-order valence-electron chi connectivity index (χ4n) is 1.59. The molecule has 0 aromatic carbocycles. The Kier molecular flexibility index (Phi) is 8.89. The van der Waals surface area contributed by atoms with Gasteiger partial charge in [0.25, 0.3) is 10.2 Å². The van der Waals surface area contributed by atoms with Crippen LogP contribution >= 0.6 is 0 Å². The molecule has 0 bridgehead atoms. The zero-order valence-electron chi connectivity index (χ0n) is 10.5. The van der Waals surface area contributed by atoms with Crippen LogP contribution in [0.5, 0.6) is 0 Å². The zero-order valence-corrected chi connectivity index (χ0v) is 11.4. The molecule has 0 saturated heterocycles. The van der Waals surface area contributed by atoms with Crippen LogP contribution in [0.1, 0.15) is 58.3 Å². The van der Waals surface area contributed by atoms with Gasteiger partial charge in [-0.3, -0.25) is 0 Å². The molecular formula is C11H25N2O2S. The van der Waals surface area contributed by atoms with Gasteiger partial charge in [-0.05, 0) is 6.42 Å². The van der Waals surface area contributed by atoms with Crippen molar-refractivity contribution in [1.29, 1.82) is 0 Å². The first-order valence-electron chi connectivity index (χ1n) is 6.19. The Morgan fingerprint density at radius 2 is 1.38 bits per heavy atom. The molecule has 0 aliphatic rings. The Bertz CT molecular complexity index is 253. The summed E-state index contributed by atoms with van der Waals surface area (Å²) in [5, 5.41) is 6.83. The molecule has 1 N–H and O–H groups in total. The molecule has 0 saturated carbocycles. The highest BCUT2D eigenvalue weighted by Gasteiger charge is 2.10. The molecule has 0 aromatic heterocycles. The number of rotatable bonds is 10. The monoisotopic (exact) mass is 249 g/mol. The third-order valence-corrected chi connectivity index (χ3v) is 3.74. The molecule has 4 nitrogen and oxygen atoms in total. The van der Waals surface area contributed by atoms with Crippen molar-refractivity contribution in [1.82, 2.24) is 9.44 Å². The summed E-state index contributed by atoms with van der Waals surface area (Å²) in [7, 11) is -2.26. The number of nitrogens with zero attached hydrogens (tertiary/aromatic N) is 1. The van der Waals surface area contributed by atoms with E-state index >= 15 is 0 Å². The van der Waals surface area contributed by atoms with Crippen LogP contribution in [0.4, 0.5) is 0 Å². The minimum atomic E-state index is -3.72. The molecular weight excluding hydrogens is 224 g/mol. The molecule has 0 aliphatic heterocycles. The van der Waals surface area contributed by atoms with Gasteiger partial charge in [-0.25, -0.2) is 0 Å². The van der Waals surface area contributed by atoms with Crippen LogP contribution < -0.4 is 5.14 Å². The van der Waals surface area contributed by atoms with Crippen molar-refractivity contribution >= 4 is 10.2 Å². The zero-order chi connectivity index (χ0) is 12.4. The van der Waals surface area contributed by atoms with Crippen molar-refractivity contribution in [2.45, 2.75) is 58.3 Å². The lowest BCUT2D eigenvalue weighted by Gasteiger charge is -2.12. The highest BCUT2D eigenvalue weighted by molar-refractivity contribution is 7.86. The molecule has 0 unspecified atom stereocenters. The van der Waals surface area contributed by atoms with Crippen LogP contribution in [-0.4, -0.2) is 26.3 Å². The van der Waals surface area contributed by atoms with Crippen LogP contribution in [0, 0.1) is 0 Å². The summed E-state index contributed by atoms with van der Waals surface area (Å²) >= 11 is 0. The quantitative estimate of drug-likeness (QED) is 0.559. The third kappa shape index (κ3) is 9.12. The molecule has 0 spiro atoms. The van der Waals surface area contributed by atoms with Gasteiger partial charge in [0, 0.05) is 13.6 Å². The highest BCUT2D eigenvalue weighted by Crippen LogP contribution is 2.08. The summed E-state index contributed by atoms with van der Waals surface area (Å²) in [6.45, 7) is 2.68. The summed E-state index contributed by atoms with van der Waals surface area (Å²) in [6, 6.07) is 0. The first-order valence-corrected chi connectivity index (χ1v) is 7.63. The number of hydrogen-bond donors (Lipinski definition) is 0. The molecule has 16 heavy (non-hydrogen) atoms. The third-order valence-electron chi connectivity index (χ3n) is 2.74. The van der Waals surface area contributed by atoms with Crippen molar-refractivity contribution in [3.63, 3.8) is 0 Å². The Labute approximate surface area is 100 Å². The van der Waals surface area contributed by atoms with Crippen molar-refractivity contribution in [2.75, 3.05) is 13.6 Å². The molecule has 5 heteroatoms. The Morgan fingerprint density at radius 1 is 0.938 bits per heavy atom. The van der Waals surface area contributed by atoms with E-state index in [4.69, 9.17) is 5.14 Å². The van der Waals surface area contributed by atoms with Gasteiger partial charge in [0.15, 0.2) is 0 Å². The molecule has 97 valence electrons. The maximum absolute atomic E-state index is 10.8. The second kappa shape index (κ2) is 8.96. The fraction of sp³-hybridized carbons (Fsp3) is 1.00. The van der Waals surface area contributed by atoms with E-state index in [1.807, 2.05) is 0 Å². The van der Waals surface area contributed by atoms with Crippen LogP contribution in [-0.2, 0) is 10.2 Å². The first kappa shape index (κ1) is 15.9. The Morgan fingerprint density at radius 3 is 1.81 bits per heavy atom. The Hall–Kier alpha value is -0.130. The fourth-order valence-corrected chi connectivity index (χ4v) is 1.96. The molecule has 0 fully saturated rings. The second-order valence-corrected chi connectivity index (χ2v) is 5.87. The lowest BCUT2D eigenvalue weighted by molar-refractivity contribution is 0.447. The maximum atomic E-state index is 10.8. The van der Waals surface area contributed by atoms with Gasteiger partial charge < -0.3 is 0 Å². The van der Waals surface area contributed by atoms with E-state index in [0.29, 0.717) is 6.54 Å². The standard InChI is InChI=1S/C11H25N2O2S/c1-3-4-5-6-7-8-9-10-11-13(2)16(12,14)15/h12H,3-11H2,1-2H3. The molecule has 0 aliphatic carbocycles. The minimum absolute atomic E-state index is 0.473. The van der Waals surface area contributed by atoms with Crippen LogP contribution in [0.25, 0.3) is 0 Å². The second-order valence-electron chi connectivity index (χ2n) is 4.30. The summed E-state index contributed by atoms with van der Waals surface area (Å²) in [5.41, 5.74) is 0. The van der Waals surface area contributed by atoms with E-state index in [2.05, 4.69) is 6.92 Å². The van der Waals surface area contributed by atoms with Crippen molar-refractivity contribution in [3.05, 3.63) is 0 Å². The van der Waals surface area contributed by atoms with Crippen molar-refractivity contribution in [2.24, 2.45) is 0 Å². The number of hydrogen-bond acceptors (Lipinski definition) is 2. The number of nitrogens with one attached hydrogen (secondary N) is 1. The van der Waals surface area contributed by atoms with E-state index in [9.17, 15) is 8.42 Å². The van der Waals surface area contributed by atoms with Gasteiger partial charge in [-0.1, -0.05) is 51.9 Å². The van der Waals surface area contributed by atoms with Crippen molar-refractivity contribution in [3.8, 4) is 0 Å². The van der Waals surface area contributed by atoms with Crippen molar-refractivity contribution < 1.29 is 8.42 Å². The average Bonchev–Trinajstić information content (AvgIpc) is 2.20. The van der Waals surface area contributed by atoms with Gasteiger partial charge in [0.05, 0.1) is 0 Å². The van der Waals surface area contributed by atoms with E-state index in [-0.39, 0.29) is 0 Å². The van der Waals surface area contributed by atoms with E-state index in [0.717, 1.165) is 17.1 Å². The number of unbranched alkanes of at least 4 members (excludes halogenated alkanes) is 7. The molecule has 0 amide bonds. The summed E-state index contributed by atoms with van der Waals surface area (Å²) in [6.07, 6.45) is 9.55. The highest BCUT2D eigenvalue weighted by atomic mass is 32.2. The lowest BCUT2D eigenvalue weighted by atomic mass is 10.1. The van der Waals surface area contributed by atoms with E-state index in [1.165, 1.54) is 45.6 Å². The predicted octanol–water partition coefficient (Wildman–Crippen LogP) is 2.59. The maximum Gasteiger partial charge on any atom is 0.292 e. The van der Waals surface area contributed by atoms with Gasteiger partial charge in [-0.2, -0.15) is 12.7 Å². The normalized spacial score (nSPS) is 12.2. The average molecular weight is 249 g/mol. The van der Waals surface area contributed by atoms with Crippen LogP contribution in [0.15, 0.2) is 0 Å². The SMILES string of the molecule is CCCCCCCCCCN(C)S([NH])(=O)=O. The molecule has 0 aromatic rings. The molecule has 1 radical (unpaired) electrons. The van der Waals surface area contributed by atoms with Gasteiger partial charge in [0.1, 0.15) is 0 Å². The molecule has 0 rings (SSSR count). The summed E-state index contributed by atoms with van der Waals surface area (Å²) in [4.78, 5) is 0. The van der Waals surface area contributed by atoms with Gasteiger partial charge in [-0.15, -0.1) is 5.14 Å². The lowest BCUT2D eigenvalue weighted by Crippen LogP contribution is -2.28. The van der Waals surface area contributed by atoms with Crippen LogP contribution in [0.2, 0.25) is 0 Å². The Balaban J connectivity index is 3.28. The first-order chi connectivity index (χ1) is 7.48. The van der Waals surface area contributed by atoms with Gasteiger partial charge in [0.2, 0.25) is 0 Å². The summed E-state index contributed by atoms with van der Waals surface area (Å²) < 4.78 is 22.6. The molecule has 0 heterocycles. The van der Waals surface area contributed by atoms with E-state index < -0.39 is 10.2 Å². The topological polar surface area (TPSA) is 61.2 Å². The predicted molar refractivity (Wildman–Crippen MR) is 67.3 cm³/mol. The van der Waals surface area contributed by atoms with Gasteiger partial charge >= 0.3 is 0 Å². The summed E-state index contributed by atoms with van der Waals surface area (Å²) in [5.74, 6) is 0.